The summed E-state index contributed by atoms with van der Waals surface area (Å²) in [5.74, 6) is -0.384. The lowest BCUT2D eigenvalue weighted by Crippen LogP contribution is -2.61. The van der Waals surface area contributed by atoms with Gasteiger partial charge in [-0.1, -0.05) is 104 Å². The van der Waals surface area contributed by atoms with Crippen LogP contribution in [0.2, 0.25) is 0 Å². The van der Waals surface area contributed by atoms with Crippen LogP contribution in [-0.4, -0.2) is 142 Å². The SMILES string of the molecule is CCCCCCCCCCCOCC(COC1OC(COC2OC(CO)C(O)C(O)C2O)C(O)C(O)C1O)OC(=O)CCCCCCCCC. The number of hydrogen-bond acceptors (Lipinski definition) is 14. The second kappa shape index (κ2) is 26.7. The number of rotatable bonds is 28. The average molecular weight is 725 g/mol. The van der Waals surface area contributed by atoms with Gasteiger partial charge in [-0.05, 0) is 12.8 Å². The molecule has 0 aromatic heterocycles. The minimum Gasteiger partial charge on any atom is -0.457 e. The van der Waals surface area contributed by atoms with Crippen molar-refractivity contribution in [3.05, 3.63) is 0 Å². The fraction of sp³-hybridized carbons (Fsp3) is 0.972. The standard InChI is InChI=1S/C36H68O14/c1-3-5-7-9-11-12-14-16-18-20-45-22-25(48-28(38)19-17-15-13-10-8-6-4-2)23-46-35-34(44)32(42)30(40)27(50-35)24-47-36-33(43)31(41)29(39)26(21-37)49-36/h25-27,29-37,39-44H,3-24H2,1-2H3. The molecule has 0 spiro atoms. The normalized spacial score (nSPS) is 30.7. The molecule has 0 bridgehead atoms. The van der Waals surface area contributed by atoms with E-state index >= 15 is 0 Å². The summed E-state index contributed by atoms with van der Waals surface area (Å²) in [5.41, 5.74) is 0. The molecule has 14 nitrogen and oxygen atoms in total. The molecule has 0 radical (unpaired) electrons. The van der Waals surface area contributed by atoms with E-state index in [1.54, 1.807) is 0 Å². The van der Waals surface area contributed by atoms with Crippen molar-refractivity contribution in [3.8, 4) is 0 Å². The highest BCUT2D eigenvalue weighted by Gasteiger charge is 2.47. The van der Waals surface area contributed by atoms with Crippen LogP contribution in [0, 0.1) is 0 Å². The Morgan fingerprint density at radius 1 is 0.580 bits per heavy atom. The maximum atomic E-state index is 12.7. The Bertz CT molecular complexity index is 850. The van der Waals surface area contributed by atoms with Crippen molar-refractivity contribution in [1.29, 1.82) is 0 Å². The zero-order chi connectivity index (χ0) is 36.7. The average Bonchev–Trinajstić information content (AvgIpc) is 3.11. The van der Waals surface area contributed by atoms with Crippen molar-refractivity contribution in [2.24, 2.45) is 0 Å². The molecule has 0 aromatic rings. The molecule has 2 heterocycles. The van der Waals surface area contributed by atoms with Crippen molar-refractivity contribution in [2.45, 2.75) is 191 Å². The summed E-state index contributed by atoms with van der Waals surface area (Å²) in [7, 11) is 0. The lowest BCUT2D eigenvalue weighted by atomic mass is 9.98. The molecule has 7 N–H and O–H groups in total. The van der Waals surface area contributed by atoms with Gasteiger partial charge in [0, 0.05) is 13.0 Å². The fourth-order valence-electron chi connectivity index (χ4n) is 6.11. The Hall–Kier alpha value is -1.01. The maximum Gasteiger partial charge on any atom is 0.306 e. The number of ether oxygens (including phenoxy) is 6. The van der Waals surface area contributed by atoms with Gasteiger partial charge < -0.3 is 64.2 Å². The largest absolute Gasteiger partial charge is 0.457 e. The van der Waals surface area contributed by atoms with Crippen molar-refractivity contribution < 1.29 is 69.0 Å². The Morgan fingerprint density at radius 3 is 1.62 bits per heavy atom. The Balaban J connectivity index is 1.88. The summed E-state index contributed by atoms with van der Waals surface area (Å²) in [6, 6.07) is 0. The van der Waals surface area contributed by atoms with Gasteiger partial charge in [0.05, 0.1) is 26.4 Å². The Morgan fingerprint density at radius 2 is 1.06 bits per heavy atom. The third-order valence-electron chi connectivity index (χ3n) is 9.37. The molecular weight excluding hydrogens is 656 g/mol. The number of carbonyl (C=O) groups excluding carboxylic acids is 1. The molecule has 0 saturated carbocycles. The number of esters is 1. The molecule has 2 aliphatic rings. The highest BCUT2D eigenvalue weighted by molar-refractivity contribution is 5.69. The highest BCUT2D eigenvalue weighted by Crippen LogP contribution is 2.26. The van der Waals surface area contributed by atoms with E-state index in [1.165, 1.54) is 57.8 Å². The van der Waals surface area contributed by atoms with Crippen LogP contribution < -0.4 is 0 Å². The van der Waals surface area contributed by atoms with Crippen LogP contribution in [-0.2, 0) is 33.2 Å². The van der Waals surface area contributed by atoms with Crippen LogP contribution in [0.5, 0.6) is 0 Å². The molecule has 296 valence electrons. The molecule has 11 atom stereocenters. The second-order valence-corrected chi connectivity index (χ2v) is 13.8. The fourth-order valence-corrected chi connectivity index (χ4v) is 6.11. The zero-order valence-corrected chi connectivity index (χ0v) is 30.4. The summed E-state index contributed by atoms with van der Waals surface area (Å²) >= 11 is 0. The van der Waals surface area contributed by atoms with Crippen LogP contribution in [0.3, 0.4) is 0 Å². The van der Waals surface area contributed by atoms with E-state index in [4.69, 9.17) is 28.4 Å². The van der Waals surface area contributed by atoms with E-state index in [9.17, 15) is 40.5 Å². The molecule has 50 heavy (non-hydrogen) atoms. The van der Waals surface area contributed by atoms with Crippen molar-refractivity contribution >= 4 is 5.97 Å². The summed E-state index contributed by atoms with van der Waals surface area (Å²) in [6.45, 7) is 3.59. The van der Waals surface area contributed by atoms with E-state index in [0.29, 0.717) is 13.0 Å². The minimum atomic E-state index is -1.70. The van der Waals surface area contributed by atoms with Crippen molar-refractivity contribution in [2.75, 3.05) is 33.0 Å². The number of aliphatic hydroxyl groups excluding tert-OH is 7. The number of aliphatic hydroxyl groups is 7. The number of unbranched alkanes of at least 4 members (excludes halogenated alkanes) is 14. The molecule has 14 heteroatoms. The molecule has 2 rings (SSSR count). The Labute approximate surface area is 298 Å². The van der Waals surface area contributed by atoms with Crippen LogP contribution >= 0.6 is 0 Å². The topological polar surface area (TPSA) is 214 Å². The van der Waals surface area contributed by atoms with E-state index in [1.807, 2.05) is 0 Å². The summed E-state index contributed by atoms with van der Waals surface area (Å²) in [4.78, 5) is 12.7. The summed E-state index contributed by atoms with van der Waals surface area (Å²) in [5, 5.41) is 71.4. The zero-order valence-electron chi connectivity index (χ0n) is 30.4. The molecule has 0 amide bonds. The van der Waals surface area contributed by atoms with Gasteiger partial charge in [-0.2, -0.15) is 0 Å². The monoisotopic (exact) mass is 724 g/mol. The van der Waals surface area contributed by atoms with Gasteiger partial charge in [-0.15, -0.1) is 0 Å². The van der Waals surface area contributed by atoms with Crippen LogP contribution in [0.1, 0.15) is 123 Å². The molecule has 11 unspecified atom stereocenters. The third-order valence-corrected chi connectivity index (χ3v) is 9.37. The number of hydrogen-bond donors (Lipinski definition) is 7. The smallest absolute Gasteiger partial charge is 0.306 e. The highest BCUT2D eigenvalue weighted by atomic mass is 16.7. The summed E-state index contributed by atoms with van der Waals surface area (Å²) < 4.78 is 33.8. The van der Waals surface area contributed by atoms with Crippen molar-refractivity contribution in [3.63, 3.8) is 0 Å². The first-order chi connectivity index (χ1) is 24.1. The van der Waals surface area contributed by atoms with E-state index in [0.717, 1.165) is 38.5 Å². The van der Waals surface area contributed by atoms with Crippen LogP contribution in [0.4, 0.5) is 0 Å². The lowest BCUT2D eigenvalue weighted by molar-refractivity contribution is -0.332. The predicted octanol–water partition coefficient (Wildman–Crippen LogP) is 2.23. The van der Waals surface area contributed by atoms with Crippen LogP contribution in [0.25, 0.3) is 0 Å². The minimum absolute atomic E-state index is 0.0669. The van der Waals surface area contributed by atoms with Gasteiger partial charge >= 0.3 is 5.97 Å². The molecule has 0 aromatic carbocycles. The van der Waals surface area contributed by atoms with Gasteiger partial charge in [-0.25, -0.2) is 0 Å². The van der Waals surface area contributed by atoms with Crippen LogP contribution in [0.15, 0.2) is 0 Å². The molecule has 2 saturated heterocycles. The molecule has 2 fully saturated rings. The van der Waals surface area contributed by atoms with Crippen molar-refractivity contribution in [1.82, 2.24) is 0 Å². The Kier molecular flexibility index (Phi) is 24.1. The van der Waals surface area contributed by atoms with Gasteiger partial charge in [-0.3, -0.25) is 4.79 Å². The van der Waals surface area contributed by atoms with E-state index < -0.39 is 80.7 Å². The molecular formula is C36H68O14. The van der Waals surface area contributed by atoms with Gasteiger partial charge in [0.1, 0.15) is 54.9 Å². The number of carbonyl (C=O) groups is 1. The first-order valence-electron chi connectivity index (χ1n) is 19.1. The van der Waals surface area contributed by atoms with Gasteiger partial charge in [0.15, 0.2) is 12.6 Å². The molecule has 2 aliphatic heterocycles. The van der Waals surface area contributed by atoms with Gasteiger partial charge in [0.2, 0.25) is 0 Å². The maximum absolute atomic E-state index is 12.7. The third kappa shape index (κ3) is 16.8. The van der Waals surface area contributed by atoms with E-state index in [-0.39, 0.29) is 25.6 Å². The van der Waals surface area contributed by atoms with Gasteiger partial charge in [0.25, 0.3) is 0 Å². The lowest BCUT2D eigenvalue weighted by Gasteiger charge is -2.42. The van der Waals surface area contributed by atoms with E-state index in [2.05, 4.69) is 13.8 Å². The first-order valence-corrected chi connectivity index (χ1v) is 19.1. The predicted molar refractivity (Wildman–Crippen MR) is 183 cm³/mol. The quantitative estimate of drug-likeness (QED) is 0.0456. The summed E-state index contributed by atoms with van der Waals surface area (Å²) in [6.07, 6.45) is 2.18. The molecule has 0 aliphatic carbocycles. The second-order valence-electron chi connectivity index (χ2n) is 13.8. The first kappa shape index (κ1) is 45.1.